The number of sulfonamides is 1. The molecule has 2 amide bonds. The normalized spacial score (nSPS) is 11.8. The summed E-state index contributed by atoms with van der Waals surface area (Å²) in [5.74, 6) is -1.25. The Morgan fingerprint density at radius 2 is 1.61 bits per heavy atom. The van der Waals surface area contributed by atoms with Gasteiger partial charge in [0.1, 0.15) is 6.10 Å². The van der Waals surface area contributed by atoms with Crippen LogP contribution in [0.2, 0.25) is 5.02 Å². The summed E-state index contributed by atoms with van der Waals surface area (Å²) >= 11 is 5.82. The molecule has 2 N–H and O–H groups in total. The number of halogens is 1. The molecule has 0 aliphatic heterocycles. The molecule has 0 fully saturated rings. The minimum atomic E-state index is -4.16. The number of ether oxygens (including phenoxy) is 2. The number of hydrogen-bond donors (Lipinski definition) is 2. The second kappa shape index (κ2) is 13.0. The van der Waals surface area contributed by atoms with Gasteiger partial charge in [-0.05, 0) is 67.8 Å². The highest BCUT2D eigenvalue weighted by molar-refractivity contribution is 7.90. The van der Waals surface area contributed by atoms with Gasteiger partial charge in [0.25, 0.3) is 21.8 Å². The van der Waals surface area contributed by atoms with E-state index in [0.29, 0.717) is 30.0 Å². The summed E-state index contributed by atoms with van der Waals surface area (Å²) in [5, 5.41) is 3.32. The van der Waals surface area contributed by atoms with Crippen molar-refractivity contribution in [2.45, 2.75) is 37.7 Å². The van der Waals surface area contributed by atoms with Gasteiger partial charge in [-0.25, -0.2) is 22.9 Å². The third kappa shape index (κ3) is 8.29. The predicted octanol–water partition coefficient (Wildman–Crippen LogP) is 4.14. The molecule has 12 heteroatoms. The first-order valence-electron chi connectivity index (χ1n) is 11.6. The number of benzene rings is 2. The summed E-state index contributed by atoms with van der Waals surface area (Å²) in [6.45, 7) is 3.89. The largest absolute Gasteiger partial charge is 0.515 e. The van der Waals surface area contributed by atoms with Crippen molar-refractivity contribution in [3.8, 4) is 5.88 Å². The molecule has 10 nitrogen and oxygen atoms in total. The minimum Gasteiger partial charge on any atom is -0.431 e. The van der Waals surface area contributed by atoms with Crippen LogP contribution in [-0.2, 0) is 21.2 Å². The van der Waals surface area contributed by atoms with Crippen LogP contribution in [0, 0.1) is 0 Å². The van der Waals surface area contributed by atoms with Crippen molar-refractivity contribution in [1.29, 1.82) is 0 Å². The van der Waals surface area contributed by atoms with Gasteiger partial charge in [0.2, 0.25) is 5.88 Å². The Labute approximate surface area is 225 Å². The fourth-order valence-corrected chi connectivity index (χ4v) is 4.13. The highest BCUT2D eigenvalue weighted by Gasteiger charge is 2.19. The van der Waals surface area contributed by atoms with Crippen LogP contribution in [0.5, 0.6) is 5.88 Å². The van der Waals surface area contributed by atoms with Crippen molar-refractivity contribution in [3.63, 3.8) is 0 Å². The van der Waals surface area contributed by atoms with E-state index in [9.17, 15) is 22.8 Å². The molecule has 1 aromatic heterocycles. The van der Waals surface area contributed by atoms with E-state index in [1.165, 1.54) is 24.3 Å². The van der Waals surface area contributed by atoms with Crippen LogP contribution >= 0.6 is 11.6 Å². The van der Waals surface area contributed by atoms with E-state index in [1.807, 2.05) is 11.6 Å². The maximum atomic E-state index is 12.7. The average Bonchev–Trinajstić information content (AvgIpc) is 2.89. The molecule has 0 aliphatic carbocycles. The zero-order valence-corrected chi connectivity index (χ0v) is 22.2. The molecule has 0 aliphatic rings. The van der Waals surface area contributed by atoms with Gasteiger partial charge in [-0.2, -0.15) is 0 Å². The lowest BCUT2D eigenvalue weighted by Gasteiger charge is -2.10. The van der Waals surface area contributed by atoms with E-state index in [4.69, 9.17) is 21.1 Å². The molecule has 1 heterocycles. The van der Waals surface area contributed by atoms with Crippen molar-refractivity contribution in [3.05, 3.63) is 88.6 Å². The summed E-state index contributed by atoms with van der Waals surface area (Å²) in [5.41, 5.74) is 1.22. The van der Waals surface area contributed by atoms with Gasteiger partial charge in [-0.1, -0.05) is 30.7 Å². The molecular weight excluding hydrogens is 534 g/mol. The Bertz CT molecular complexity index is 1380. The van der Waals surface area contributed by atoms with Gasteiger partial charge >= 0.3 is 6.16 Å². The monoisotopic (exact) mass is 559 g/mol. The molecule has 1 atom stereocenters. The van der Waals surface area contributed by atoms with E-state index in [-0.39, 0.29) is 28.4 Å². The second-order valence-corrected chi connectivity index (χ2v) is 10.3. The number of nitrogens with zero attached hydrogens (tertiary/aromatic N) is 1. The molecular formula is C26H26ClN3O7S. The van der Waals surface area contributed by atoms with Gasteiger partial charge < -0.3 is 14.8 Å². The number of nitrogens with one attached hydrogen (secondary N) is 2. The van der Waals surface area contributed by atoms with Gasteiger partial charge in [0.05, 0.1) is 10.5 Å². The quantitative estimate of drug-likeness (QED) is 0.353. The first kappa shape index (κ1) is 28.6. The molecule has 0 radical (unpaired) electrons. The topological polar surface area (TPSA) is 141 Å². The van der Waals surface area contributed by atoms with Crippen LogP contribution in [0.1, 0.15) is 46.5 Å². The number of carbonyl (C=O) groups is 3. The number of pyridine rings is 1. The maximum absolute atomic E-state index is 12.7. The van der Waals surface area contributed by atoms with Crippen molar-refractivity contribution in [1.82, 2.24) is 15.0 Å². The molecule has 38 heavy (non-hydrogen) atoms. The highest BCUT2D eigenvalue weighted by Crippen LogP contribution is 2.14. The first-order valence-corrected chi connectivity index (χ1v) is 13.5. The summed E-state index contributed by atoms with van der Waals surface area (Å²) < 4.78 is 37.2. The van der Waals surface area contributed by atoms with Crippen molar-refractivity contribution in [2.24, 2.45) is 0 Å². The Morgan fingerprint density at radius 3 is 2.21 bits per heavy atom. The number of amides is 2. The Hall–Kier alpha value is -3.96. The summed E-state index contributed by atoms with van der Waals surface area (Å²) in [7, 11) is -4.16. The standard InChI is InChI=1S/C26H26ClN3O7S/c1-3-17(2)36-26(33)37-23-13-8-20(16-29-23)25(32)30-38(34,35)22-11-4-18(5-12-22)14-15-28-24(31)19-6-9-21(27)10-7-19/h4-13,16-17H,3,14-15H2,1-2H3,(H,28,31)(H,30,32)/t17-/m0/s1. The third-order valence-electron chi connectivity index (χ3n) is 5.33. The summed E-state index contributed by atoms with van der Waals surface area (Å²) in [6.07, 6.45) is 0.906. The Morgan fingerprint density at radius 1 is 0.947 bits per heavy atom. The molecule has 0 unspecified atom stereocenters. The first-order chi connectivity index (χ1) is 18.1. The molecule has 200 valence electrons. The summed E-state index contributed by atoms with van der Waals surface area (Å²) in [4.78, 5) is 40.0. The predicted molar refractivity (Wildman–Crippen MR) is 140 cm³/mol. The lowest BCUT2D eigenvalue weighted by Crippen LogP contribution is -2.30. The zero-order chi connectivity index (χ0) is 27.7. The van der Waals surface area contributed by atoms with Crippen LogP contribution in [0.3, 0.4) is 0 Å². The number of rotatable bonds is 10. The molecule has 3 aromatic rings. The second-order valence-electron chi connectivity index (χ2n) is 8.17. The fraction of sp³-hybridized carbons (Fsp3) is 0.231. The summed E-state index contributed by atoms with van der Waals surface area (Å²) in [6, 6.07) is 14.9. The highest BCUT2D eigenvalue weighted by atomic mass is 35.5. The Kier molecular flexibility index (Phi) is 9.80. The molecule has 3 rings (SSSR count). The van der Waals surface area contributed by atoms with Gasteiger partial charge in [-0.3, -0.25) is 9.59 Å². The lowest BCUT2D eigenvalue weighted by molar-refractivity contribution is 0.0631. The smallest absolute Gasteiger partial charge is 0.431 e. The molecule has 0 saturated carbocycles. The van der Waals surface area contributed by atoms with E-state index >= 15 is 0 Å². The lowest BCUT2D eigenvalue weighted by atomic mass is 10.1. The zero-order valence-electron chi connectivity index (χ0n) is 20.6. The number of carbonyl (C=O) groups excluding carboxylic acids is 3. The van der Waals surface area contributed by atoms with Gasteiger partial charge in [-0.15, -0.1) is 0 Å². The molecule has 0 saturated heterocycles. The van der Waals surface area contributed by atoms with Crippen LogP contribution in [0.4, 0.5) is 4.79 Å². The van der Waals surface area contributed by atoms with Gasteiger partial charge in [0, 0.05) is 29.4 Å². The Balaban J connectivity index is 1.52. The average molecular weight is 560 g/mol. The van der Waals surface area contributed by atoms with E-state index in [0.717, 1.165) is 11.8 Å². The van der Waals surface area contributed by atoms with Crippen molar-refractivity contribution >= 4 is 39.6 Å². The number of aromatic nitrogens is 1. The molecule has 2 aromatic carbocycles. The van der Waals surface area contributed by atoms with Crippen LogP contribution < -0.4 is 14.8 Å². The van der Waals surface area contributed by atoms with Crippen LogP contribution in [-0.4, -0.2) is 44.0 Å². The van der Waals surface area contributed by atoms with Gasteiger partial charge in [0.15, 0.2) is 0 Å². The van der Waals surface area contributed by atoms with E-state index in [2.05, 4.69) is 10.3 Å². The minimum absolute atomic E-state index is 0.0516. The SMILES string of the molecule is CC[C@H](C)OC(=O)Oc1ccc(C(=O)NS(=O)(=O)c2ccc(CCNC(=O)c3ccc(Cl)cc3)cc2)cn1. The molecule has 0 spiro atoms. The maximum Gasteiger partial charge on any atom is 0.515 e. The third-order valence-corrected chi connectivity index (χ3v) is 6.92. The number of hydrogen-bond acceptors (Lipinski definition) is 8. The van der Waals surface area contributed by atoms with Crippen molar-refractivity contribution < 1.29 is 32.3 Å². The molecule has 0 bridgehead atoms. The van der Waals surface area contributed by atoms with E-state index in [1.54, 1.807) is 43.3 Å². The van der Waals surface area contributed by atoms with Crippen LogP contribution in [0.15, 0.2) is 71.8 Å². The fourth-order valence-electron chi connectivity index (χ4n) is 3.03. The van der Waals surface area contributed by atoms with Crippen molar-refractivity contribution in [2.75, 3.05) is 6.54 Å². The van der Waals surface area contributed by atoms with Crippen LogP contribution in [0.25, 0.3) is 0 Å². The van der Waals surface area contributed by atoms with E-state index < -0.39 is 22.1 Å².